The number of aromatic nitrogens is 2. The van der Waals surface area contributed by atoms with Crippen molar-refractivity contribution in [2.24, 2.45) is 10.8 Å². The van der Waals surface area contributed by atoms with Crippen molar-refractivity contribution in [2.45, 2.75) is 52.5 Å². The maximum absolute atomic E-state index is 4.58. The van der Waals surface area contributed by atoms with Crippen LogP contribution in [0.3, 0.4) is 0 Å². The minimum Gasteiger partial charge on any atom is -0.356 e. The molecule has 1 heterocycles. The first-order chi connectivity index (χ1) is 7.43. The van der Waals surface area contributed by atoms with E-state index in [0.29, 0.717) is 22.8 Å². The number of anilines is 1. The SMILES string of the molecule is CC1(C)C(Nc2nc(C3CC3)ns2)C1(C)C. The fraction of sp³-hybridized carbons (Fsp3) is 0.833. The molecule has 2 fully saturated rings. The molecule has 0 atom stereocenters. The Morgan fingerprint density at radius 3 is 2.31 bits per heavy atom. The standard InChI is InChI=1S/C12H19N3S/c1-11(2)9(12(11,3)4)14-10-13-8(15-16-10)7-5-6-7/h7,9H,5-6H2,1-4H3,(H,13,14,15). The molecule has 0 saturated heterocycles. The maximum atomic E-state index is 4.58. The highest BCUT2D eigenvalue weighted by atomic mass is 32.1. The van der Waals surface area contributed by atoms with Crippen molar-refractivity contribution in [3.05, 3.63) is 5.82 Å². The van der Waals surface area contributed by atoms with Crippen LogP contribution in [0, 0.1) is 10.8 Å². The van der Waals surface area contributed by atoms with Gasteiger partial charge in [-0.2, -0.15) is 4.37 Å². The summed E-state index contributed by atoms with van der Waals surface area (Å²) in [5.41, 5.74) is 0.719. The number of nitrogens with zero attached hydrogens (tertiary/aromatic N) is 2. The first-order valence-corrected chi connectivity index (χ1v) is 6.80. The zero-order chi connectivity index (χ0) is 11.6. The van der Waals surface area contributed by atoms with Gasteiger partial charge in [-0.1, -0.05) is 27.7 Å². The van der Waals surface area contributed by atoms with Gasteiger partial charge in [-0.3, -0.25) is 0 Å². The van der Waals surface area contributed by atoms with Crippen LogP contribution in [0.4, 0.5) is 5.13 Å². The van der Waals surface area contributed by atoms with Crippen LogP contribution >= 0.6 is 11.5 Å². The Hall–Kier alpha value is -0.640. The van der Waals surface area contributed by atoms with E-state index in [1.165, 1.54) is 24.4 Å². The summed E-state index contributed by atoms with van der Waals surface area (Å²) in [4.78, 5) is 4.58. The van der Waals surface area contributed by atoms with Gasteiger partial charge in [0.2, 0.25) is 5.13 Å². The largest absolute Gasteiger partial charge is 0.356 e. The quantitative estimate of drug-likeness (QED) is 0.877. The second-order valence-electron chi connectivity index (χ2n) is 6.25. The second kappa shape index (κ2) is 2.97. The van der Waals surface area contributed by atoms with E-state index in [2.05, 4.69) is 42.4 Å². The summed E-state index contributed by atoms with van der Waals surface area (Å²) >= 11 is 1.52. The third kappa shape index (κ3) is 1.39. The van der Waals surface area contributed by atoms with Crippen molar-refractivity contribution in [3.63, 3.8) is 0 Å². The highest BCUT2D eigenvalue weighted by Crippen LogP contribution is 2.63. The summed E-state index contributed by atoms with van der Waals surface area (Å²) in [6.07, 6.45) is 2.55. The lowest BCUT2D eigenvalue weighted by atomic mass is 10.0. The molecule has 3 rings (SSSR count). The average Bonchev–Trinajstić information content (AvgIpc) is 3.02. The summed E-state index contributed by atoms with van der Waals surface area (Å²) in [6, 6.07) is 0.528. The van der Waals surface area contributed by atoms with Gasteiger partial charge in [-0.15, -0.1) is 0 Å². The highest BCUT2D eigenvalue weighted by molar-refractivity contribution is 7.09. The van der Waals surface area contributed by atoms with Gasteiger partial charge in [0.25, 0.3) is 0 Å². The lowest BCUT2D eigenvalue weighted by Gasteiger charge is -2.02. The fourth-order valence-corrected chi connectivity index (χ4v) is 3.16. The topological polar surface area (TPSA) is 37.8 Å². The van der Waals surface area contributed by atoms with Gasteiger partial charge in [0.05, 0.1) is 0 Å². The third-order valence-electron chi connectivity index (χ3n) is 4.67. The Morgan fingerprint density at radius 2 is 1.81 bits per heavy atom. The summed E-state index contributed by atoms with van der Waals surface area (Å²) in [6.45, 7) is 9.25. The molecule has 1 aromatic heterocycles. The number of rotatable bonds is 3. The predicted octanol–water partition coefficient (Wildman–Crippen LogP) is 3.26. The van der Waals surface area contributed by atoms with Crippen molar-refractivity contribution in [1.82, 2.24) is 9.36 Å². The summed E-state index contributed by atoms with van der Waals surface area (Å²) in [5, 5.41) is 4.55. The van der Waals surface area contributed by atoms with Crippen LogP contribution in [-0.4, -0.2) is 15.4 Å². The summed E-state index contributed by atoms with van der Waals surface area (Å²) in [7, 11) is 0. The summed E-state index contributed by atoms with van der Waals surface area (Å²) < 4.78 is 4.42. The smallest absolute Gasteiger partial charge is 0.202 e. The van der Waals surface area contributed by atoms with Crippen molar-refractivity contribution < 1.29 is 0 Å². The van der Waals surface area contributed by atoms with Gasteiger partial charge < -0.3 is 5.32 Å². The van der Waals surface area contributed by atoms with Gasteiger partial charge in [-0.25, -0.2) is 4.98 Å². The first-order valence-electron chi connectivity index (χ1n) is 6.03. The highest BCUT2D eigenvalue weighted by Gasteiger charge is 2.65. The average molecular weight is 237 g/mol. The van der Waals surface area contributed by atoms with Crippen LogP contribution in [0.5, 0.6) is 0 Å². The van der Waals surface area contributed by atoms with E-state index < -0.39 is 0 Å². The Bertz CT molecular complexity index is 404. The molecule has 16 heavy (non-hydrogen) atoms. The van der Waals surface area contributed by atoms with Gasteiger partial charge in [0, 0.05) is 23.5 Å². The normalized spacial score (nSPS) is 26.8. The Labute approximate surface area is 101 Å². The minimum absolute atomic E-state index is 0.360. The number of hydrogen-bond donors (Lipinski definition) is 1. The van der Waals surface area contributed by atoms with Crippen LogP contribution in [0.15, 0.2) is 0 Å². The molecule has 0 unspecified atom stereocenters. The fourth-order valence-electron chi connectivity index (χ4n) is 2.48. The molecule has 2 aliphatic carbocycles. The Balaban J connectivity index is 1.71. The monoisotopic (exact) mass is 237 g/mol. The molecule has 0 radical (unpaired) electrons. The van der Waals surface area contributed by atoms with Crippen LogP contribution in [-0.2, 0) is 0 Å². The van der Waals surface area contributed by atoms with Gasteiger partial charge >= 0.3 is 0 Å². The molecule has 0 aromatic carbocycles. The molecule has 0 bridgehead atoms. The minimum atomic E-state index is 0.360. The Kier molecular flexibility index (Phi) is 1.95. The molecule has 88 valence electrons. The second-order valence-corrected chi connectivity index (χ2v) is 7.00. The zero-order valence-corrected chi connectivity index (χ0v) is 11.2. The lowest BCUT2D eigenvalue weighted by molar-refractivity contribution is 0.457. The molecule has 4 heteroatoms. The van der Waals surface area contributed by atoms with E-state index in [4.69, 9.17) is 0 Å². The van der Waals surface area contributed by atoms with Gasteiger partial charge in [0.1, 0.15) is 5.82 Å². The van der Waals surface area contributed by atoms with E-state index in [-0.39, 0.29) is 0 Å². The van der Waals surface area contributed by atoms with Crippen LogP contribution in [0.1, 0.15) is 52.3 Å². The van der Waals surface area contributed by atoms with Crippen molar-refractivity contribution in [1.29, 1.82) is 0 Å². The van der Waals surface area contributed by atoms with Crippen molar-refractivity contribution in [2.75, 3.05) is 5.32 Å². The van der Waals surface area contributed by atoms with Gasteiger partial charge in [-0.05, 0) is 23.7 Å². The Morgan fingerprint density at radius 1 is 1.19 bits per heavy atom. The lowest BCUT2D eigenvalue weighted by Crippen LogP contribution is -2.09. The van der Waals surface area contributed by atoms with Crippen LogP contribution < -0.4 is 5.32 Å². The van der Waals surface area contributed by atoms with Crippen LogP contribution in [0.2, 0.25) is 0 Å². The third-order valence-corrected chi connectivity index (χ3v) is 5.33. The number of nitrogens with one attached hydrogen (secondary N) is 1. The van der Waals surface area contributed by atoms with E-state index in [0.717, 1.165) is 11.0 Å². The first kappa shape index (κ1) is 10.5. The number of hydrogen-bond acceptors (Lipinski definition) is 4. The van der Waals surface area contributed by atoms with Crippen molar-refractivity contribution in [3.8, 4) is 0 Å². The maximum Gasteiger partial charge on any atom is 0.202 e. The molecule has 2 aliphatic rings. The molecule has 1 aromatic rings. The van der Waals surface area contributed by atoms with Crippen LogP contribution in [0.25, 0.3) is 0 Å². The van der Waals surface area contributed by atoms with Gasteiger partial charge in [0.15, 0.2) is 0 Å². The molecule has 2 saturated carbocycles. The molecule has 0 aliphatic heterocycles. The molecular weight excluding hydrogens is 218 g/mol. The van der Waals surface area contributed by atoms with E-state index in [9.17, 15) is 0 Å². The molecule has 3 nitrogen and oxygen atoms in total. The predicted molar refractivity (Wildman–Crippen MR) is 66.9 cm³/mol. The molecular formula is C12H19N3S. The molecule has 1 N–H and O–H groups in total. The van der Waals surface area contributed by atoms with E-state index in [1.807, 2.05) is 0 Å². The van der Waals surface area contributed by atoms with E-state index in [1.54, 1.807) is 0 Å². The molecule has 0 spiro atoms. The van der Waals surface area contributed by atoms with E-state index >= 15 is 0 Å². The zero-order valence-electron chi connectivity index (χ0n) is 10.4. The van der Waals surface area contributed by atoms with Crippen molar-refractivity contribution >= 4 is 16.7 Å². The summed E-state index contributed by atoms with van der Waals surface area (Å²) in [5.74, 6) is 1.72. The molecule has 0 amide bonds.